The Kier molecular flexibility index (Phi) is 7.19. The highest BCUT2D eigenvalue weighted by Crippen LogP contribution is 2.19. The van der Waals surface area contributed by atoms with Gasteiger partial charge in [0.2, 0.25) is 0 Å². The van der Waals surface area contributed by atoms with Crippen LogP contribution in [0.1, 0.15) is 23.6 Å². The fraction of sp³-hybridized carbons (Fsp3) is 0.692. The van der Waals surface area contributed by atoms with Gasteiger partial charge >= 0.3 is 0 Å². The molecule has 0 saturated carbocycles. The summed E-state index contributed by atoms with van der Waals surface area (Å²) in [6.45, 7) is 7.55. The largest absolute Gasteiger partial charge is 0.312 e. The molecule has 0 saturated heterocycles. The van der Waals surface area contributed by atoms with E-state index in [1.165, 1.54) is 15.5 Å². The molecule has 1 aromatic heterocycles. The Labute approximate surface area is 114 Å². The van der Waals surface area contributed by atoms with Gasteiger partial charge in [0.1, 0.15) is 0 Å². The first-order valence-electron chi connectivity index (χ1n) is 6.14. The Balaban J connectivity index is 2.42. The summed E-state index contributed by atoms with van der Waals surface area (Å²) < 4.78 is 0. The van der Waals surface area contributed by atoms with Crippen LogP contribution in [-0.2, 0) is 13.1 Å². The van der Waals surface area contributed by atoms with Crippen molar-refractivity contribution in [1.82, 2.24) is 10.2 Å². The molecule has 0 aliphatic rings. The normalized spacial score (nSPS) is 13.2. The third kappa shape index (κ3) is 5.42. The van der Waals surface area contributed by atoms with Crippen molar-refractivity contribution in [3.8, 4) is 0 Å². The molecule has 1 atom stereocenters. The molecule has 0 aliphatic heterocycles. The van der Waals surface area contributed by atoms with Gasteiger partial charge in [0.05, 0.1) is 0 Å². The van der Waals surface area contributed by atoms with Gasteiger partial charge in [0.15, 0.2) is 0 Å². The van der Waals surface area contributed by atoms with Gasteiger partial charge in [-0.05, 0) is 38.9 Å². The van der Waals surface area contributed by atoms with Crippen molar-refractivity contribution in [3.63, 3.8) is 0 Å². The Bertz CT molecular complexity index is 312. The molecule has 1 aromatic rings. The Morgan fingerprint density at radius 2 is 2.12 bits per heavy atom. The highest BCUT2D eigenvalue weighted by Gasteiger charge is 2.10. The Morgan fingerprint density at radius 3 is 2.76 bits per heavy atom. The summed E-state index contributed by atoms with van der Waals surface area (Å²) in [5.74, 6) is 1.20. The van der Waals surface area contributed by atoms with E-state index in [9.17, 15) is 0 Å². The van der Waals surface area contributed by atoms with E-state index in [0.717, 1.165) is 19.6 Å². The summed E-state index contributed by atoms with van der Waals surface area (Å²) in [5.41, 5.74) is 0. The molecule has 17 heavy (non-hydrogen) atoms. The van der Waals surface area contributed by atoms with E-state index >= 15 is 0 Å². The molecule has 1 N–H and O–H groups in total. The van der Waals surface area contributed by atoms with Crippen LogP contribution >= 0.6 is 23.1 Å². The number of thioether (sulfide) groups is 1. The Hall–Kier alpha value is -0.0300. The molecule has 0 radical (unpaired) electrons. The molecular weight excluding hydrogens is 248 g/mol. The molecule has 0 bridgehead atoms. The fourth-order valence-electron chi connectivity index (χ4n) is 1.62. The second-order valence-electron chi connectivity index (χ2n) is 4.37. The second-order valence-corrected chi connectivity index (χ2v) is 6.53. The quantitative estimate of drug-likeness (QED) is 0.783. The molecule has 4 heteroatoms. The van der Waals surface area contributed by atoms with Crippen LogP contribution in [0.3, 0.4) is 0 Å². The lowest BCUT2D eigenvalue weighted by Crippen LogP contribution is -2.30. The molecule has 2 nitrogen and oxygen atoms in total. The van der Waals surface area contributed by atoms with Crippen molar-refractivity contribution in [3.05, 3.63) is 21.9 Å². The highest BCUT2D eigenvalue weighted by atomic mass is 32.2. The number of rotatable bonds is 8. The van der Waals surface area contributed by atoms with E-state index in [0.29, 0.717) is 6.04 Å². The lowest BCUT2D eigenvalue weighted by atomic mass is 10.3. The molecule has 0 aromatic carbocycles. The monoisotopic (exact) mass is 272 g/mol. The minimum Gasteiger partial charge on any atom is -0.312 e. The average molecular weight is 272 g/mol. The van der Waals surface area contributed by atoms with E-state index < -0.39 is 0 Å². The average Bonchev–Trinajstić information content (AvgIpc) is 2.74. The smallest absolute Gasteiger partial charge is 0.0328 e. The fourth-order valence-corrected chi connectivity index (χ4v) is 3.41. The van der Waals surface area contributed by atoms with Gasteiger partial charge in [0.25, 0.3) is 0 Å². The van der Waals surface area contributed by atoms with Crippen molar-refractivity contribution in [1.29, 1.82) is 0 Å². The predicted molar refractivity (Wildman–Crippen MR) is 81.0 cm³/mol. The van der Waals surface area contributed by atoms with Crippen LogP contribution in [0.4, 0.5) is 0 Å². The van der Waals surface area contributed by atoms with Gasteiger partial charge in [-0.25, -0.2) is 0 Å². The molecule has 0 fully saturated rings. The second kappa shape index (κ2) is 8.14. The van der Waals surface area contributed by atoms with E-state index in [-0.39, 0.29) is 0 Å². The summed E-state index contributed by atoms with van der Waals surface area (Å²) >= 11 is 3.84. The summed E-state index contributed by atoms with van der Waals surface area (Å²) in [4.78, 5) is 5.33. The third-order valence-electron chi connectivity index (χ3n) is 2.83. The highest BCUT2D eigenvalue weighted by molar-refractivity contribution is 7.98. The molecule has 0 aliphatic carbocycles. The lowest BCUT2D eigenvalue weighted by molar-refractivity contribution is 0.272. The van der Waals surface area contributed by atoms with E-state index in [1.54, 1.807) is 0 Å². The van der Waals surface area contributed by atoms with Crippen molar-refractivity contribution < 1.29 is 0 Å². The first-order valence-corrected chi connectivity index (χ1v) is 8.35. The first kappa shape index (κ1) is 15.0. The van der Waals surface area contributed by atoms with Crippen LogP contribution < -0.4 is 5.32 Å². The van der Waals surface area contributed by atoms with Crippen molar-refractivity contribution in [2.45, 2.75) is 33.0 Å². The standard InChI is InChI=1S/C13H24N2S2/c1-5-14-8-12-6-7-13(17-12)9-15(3)11(2)10-16-4/h6-7,11,14H,5,8-10H2,1-4H3. The van der Waals surface area contributed by atoms with Crippen LogP contribution in [0.5, 0.6) is 0 Å². The van der Waals surface area contributed by atoms with Crippen LogP contribution in [0.15, 0.2) is 12.1 Å². The zero-order chi connectivity index (χ0) is 12.7. The molecular formula is C13H24N2S2. The molecule has 98 valence electrons. The summed E-state index contributed by atoms with van der Waals surface area (Å²) in [6.07, 6.45) is 2.17. The Morgan fingerprint density at radius 1 is 1.41 bits per heavy atom. The number of nitrogens with zero attached hydrogens (tertiary/aromatic N) is 1. The maximum absolute atomic E-state index is 3.37. The maximum atomic E-state index is 3.37. The molecule has 0 amide bonds. The van der Waals surface area contributed by atoms with Crippen LogP contribution in [0.25, 0.3) is 0 Å². The third-order valence-corrected chi connectivity index (χ3v) is 4.72. The van der Waals surface area contributed by atoms with Crippen molar-refractivity contribution >= 4 is 23.1 Å². The van der Waals surface area contributed by atoms with Gasteiger partial charge < -0.3 is 5.32 Å². The van der Waals surface area contributed by atoms with Gasteiger partial charge in [-0.2, -0.15) is 11.8 Å². The number of hydrogen-bond acceptors (Lipinski definition) is 4. The number of nitrogens with one attached hydrogen (secondary N) is 1. The van der Waals surface area contributed by atoms with Gasteiger partial charge in [0, 0.05) is 34.6 Å². The van der Waals surface area contributed by atoms with Crippen LogP contribution in [0, 0.1) is 0 Å². The minimum atomic E-state index is 0.643. The van der Waals surface area contributed by atoms with Crippen LogP contribution in [-0.4, -0.2) is 36.5 Å². The van der Waals surface area contributed by atoms with Gasteiger partial charge in [-0.15, -0.1) is 11.3 Å². The van der Waals surface area contributed by atoms with Crippen LogP contribution in [0.2, 0.25) is 0 Å². The molecule has 1 unspecified atom stereocenters. The molecule has 0 spiro atoms. The van der Waals surface area contributed by atoms with E-state index in [4.69, 9.17) is 0 Å². The zero-order valence-electron chi connectivity index (χ0n) is 11.3. The lowest BCUT2D eigenvalue weighted by Gasteiger charge is -2.23. The topological polar surface area (TPSA) is 15.3 Å². The summed E-state index contributed by atoms with van der Waals surface area (Å²) in [5, 5.41) is 3.37. The summed E-state index contributed by atoms with van der Waals surface area (Å²) in [6, 6.07) is 5.15. The zero-order valence-corrected chi connectivity index (χ0v) is 13.0. The van der Waals surface area contributed by atoms with E-state index in [1.807, 2.05) is 23.1 Å². The molecule has 1 heterocycles. The van der Waals surface area contributed by atoms with Gasteiger partial charge in [-0.3, -0.25) is 4.90 Å². The maximum Gasteiger partial charge on any atom is 0.0328 e. The van der Waals surface area contributed by atoms with Gasteiger partial charge in [-0.1, -0.05) is 6.92 Å². The SMILES string of the molecule is CCNCc1ccc(CN(C)C(C)CSC)s1. The number of hydrogen-bond donors (Lipinski definition) is 1. The minimum absolute atomic E-state index is 0.643. The van der Waals surface area contributed by atoms with Crippen molar-refractivity contribution in [2.24, 2.45) is 0 Å². The summed E-state index contributed by atoms with van der Waals surface area (Å²) in [7, 11) is 2.21. The first-order chi connectivity index (χ1) is 8.17. The predicted octanol–water partition coefficient (Wildman–Crippen LogP) is 3.04. The van der Waals surface area contributed by atoms with Crippen molar-refractivity contribution in [2.75, 3.05) is 25.6 Å². The number of thiophene rings is 1. The van der Waals surface area contributed by atoms with E-state index in [2.05, 4.69) is 49.5 Å². The molecule has 1 rings (SSSR count).